The zero-order chi connectivity index (χ0) is 17.0. The Kier molecular flexibility index (Phi) is 4.71. The van der Waals surface area contributed by atoms with E-state index in [1.165, 1.54) is 11.1 Å². The lowest BCUT2D eigenvalue weighted by molar-refractivity contribution is 0.107. The lowest BCUT2D eigenvalue weighted by Gasteiger charge is -2.28. The zero-order valence-corrected chi connectivity index (χ0v) is 14.6. The second kappa shape index (κ2) is 6.92. The molecule has 0 bridgehead atoms. The van der Waals surface area contributed by atoms with Crippen LogP contribution in [0.3, 0.4) is 0 Å². The van der Waals surface area contributed by atoms with Crippen molar-refractivity contribution in [3.8, 4) is 28.0 Å². The van der Waals surface area contributed by atoms with E-state index < -0.39 is 0 Å². The molecule has 0 spiro atoms. The van der Waals surface area contributed by atoms with E-state index in [0.717, 1.165) is 23.3 Å². The molecule has 0 amide bonds. The first-order chi connectivity index (χ1) is 11.6. The van der Waals surface area contributed by atoms with E-state index in [0.29, 0.717) is 0 Å². The fourth-order valence-electron chi connectivity index (χ4n) is 2.69. The van der Waals surface area contributed by atoms with Crippen LogP contribution in [0.2, 0.25) is 0 Å². The van der Waals surface area contributed by atoms with Gasteiger partial charge in [-0.3, -0.25) is 0 Å². The number of hydrogen-bond acceptors (Lipinski definition) is 1. The Bertz CT molecular complexity index is 731. The van der Waals surface area contributed by atoms with Gasteiger partial charge in [-0.2, -0.15) is 0 Å². The highest BCUT2D eigenvalue weighted by Crippen LogP contribution is 2.41. The molecule has 0 unspecified atom stereocenters. The van der Waals surface area contributed by atoms with Crippen LogP contribution in [0.4, 0.5) is 0 Å². The van der Waals surface area contributed by atoms with E-state index in [1.807, 2.05) is 12.1 Å². The maximum atomic E-state index is 6.52. The summed E-state index contributed by atoms with van der Waals surface area (Å²) in [5.74, 6) is 0.960. The fourth-order valence-corrected chi connectivity index (χ4v) is 2.69. The molecular formula is C23H24O. The van der Waals surface area contributed by atoms with E-state index in [4.69, 9.17) is 4.74 Å². The van der Waals surface area contributed by atoms with Crippen molar-refractivity contribution in [1.29, 1.82) is 0 Å². The first-order valence-electron chi connectivity index (χ1n) is 8.53. The molecule has 0 saturated carbocycles. The van der Waals surface area contributed by atoms with Gasteiger partial charge in [-0.15, -0.1) is 0 Å². The normalized spacial score (nSPS) is 11.3. The molecule has 3 aromatic carbocycles. The predicted molar refractivity (Wildman–Crippen MR) is 102 cm³/mol. The topological polar surface area (TPSA) is 9.23 Å². The average molecular weight is 316 g/mol. The molecule has 0 heterocycles. The van der Waals surface area contributed by atoms with Gasteiger partial charge in [-0.05, 0) is 31.4 Å². The molecule has 1 heteroatoms. The SMILES string of the molecule is CCC(C)(C)Oc1c(-c2ccccc2)cccc1-c1ccccc1. The monoisotopic (exact) mass is 316 g/mol. The summed E-state index contributed by atoms with van der Waals surface area (Å²) in [6, 6.07) is 27.3. The smallest absolute Gasteiger partial charge is 0.135 e. The summed E-state index contributed by atoms with van der Waals surface area (Å²) in [7, 11) is 0. The number of ether oxygens (including phenoxy) is 1. The van der Waals surface area contributed by atoms with Gasteiger partial charge in [-0.25, -0.2) is 0 Å². The van der Waals surface area contributed by atoms with E-state index in [-0.39, 0.29) is 5.60 Å². The summed E-state index contributed by atoms with van der Waals surface area (Å²) in [5, 5.41) is 0. The number of para-hydroxylation sites is 1. The van der Waals surface area contributed by atoms with Gasteiger partial charge >= 0.3 is 0 Å². The van der Waals surface area contributed by atoms with Crippen molar-refractivity contribution in [2.75, 3.05) is 0 Å². The van der Waals surface area contributed by atoms with E-state index >= 15 is 0 Å². The molecule has 0 fully saturated rings. The largest absolute Gasteiger partial charge is 0.487 e. The summed E-state index contributed by atoms with van der Waals surface area (Å²) < 4.78 is 6.52. The molecule has 0 N–H and O–H groups in total. The molecule has 3 rings (SSSR count). The van der Waals surface area contributed by atoms with Crippen LogP contribution in [0.5, 0.6) is 5.75 Å². The van der Waals surface area contributed by atoms with E-state index in [2.05, 4.69) is 87.5 Å². The number of hydrogen-bond donors (Lipinski definition) is 0. The lowest BCUT2D eigenvalue weighted by Crippen LogP contribution is -2.27. The quantitative estimate of drug-likeness (QED) is 0.516. The van der Waals surface area contributed by atoms with Gasteiger partial charge in [0, 0.05) is 11.1 Å². The Labute approximate surface area is 144 Å². The highest BCUT2D eigenvalue weighted by molar-refractivity contribution is 5.82. The van der Waals surface area contributed by atoms with Crippen LogP contribution in [0.25, 0.3) is 22.3 Å². The Morgan fingerprint density at radius 1 is 0.667 bits per heavy atom. The molecule has 0 aromatic heterocycles. The van der Waals surface area contributed by atoms with Gasteiger partial charge in [0.25, 0.3) is 0 Å². The van der Waals surface area contributed by atoms with Gasteiger partial charge in [-0.1, -0.05) is 85.8 Å². The van der Waals surface area contributed by atoms with E-state index in [9.17, 15) is 0 Å². The minimum Gasteiger partial charge on any atom is -0.487 e. The first kappa shape index (κ1) is 16.3. The highest BCUT2D eigenvalue weighted by Gasteiger charge is 2.22. The van der Waals surface area contributed by atoms with E-state index in [1.54, 1.807) is 0 Å². The fraction of sp³-hybridized carbons (Fsp3) is 0.217. The molecule has 3 aromatic rings. The third-order valence-electron chi connectivity index (χ3n) is 4.41. The molecule has 0 radical (unpaired) electrons. The standard InChI is InChI=1S/C23H24O/c1-4-23(2,3)24-22-20(18-12-7-5-8-13-18)16-11-17-21(22)19-14-9-6-10-15-19/h5-17H,4H2,1-3H3. The molecule has 24 heavy (non-hydrogen) atoms. The molecule has 122 valence electrons. The van der Waals surface area contributed by atoms with Gasteiger partial charge in [0.15, 0.2) is 0 Å². The number of rotatable bonds is 5. The third-order valence-corrected chi connectivity index (χ3v) is 4.41. The number of benzene rings is 3. The van der Waals surface area contributed by atoms with Crippen LogP contribution >= 0.6 is 0 Å². The Morgan fingerprint density at radius 3 is 1.54 bits per heavy atom. The molecule has 0 aliphatic carbocycles. The average Bonchev–Trinajstić information content (AvgIpc) is 2.63. The second-order valence-electron chi connectivity index (χ2n) is 6.63. The zero-order valence-electron chi connectivity index (χ0n) is 14.6. The van der Waals surface area contributed by atoms with Crippen molar-refractivity contribution in [3.05, 3.63) is 78.9 Å². The summed E-state index contributed by atoms with van der Waals surface area (Å²) in [6.45, 7) is 6.44. The highest BCUT2D eigenvalue weighted by atomic mass is 16.5. The third kappa shape index (κ3) is 3.51. The van der Waals surface area contributed by atoms with Crippen LogP contribution in [0, 0.1) is 0 Å². The van der Waals surface area contributed by atoms with Crippen LogP contribution in [-0.2, 0) is 0 Å². The van der Waals surface area contributed by atoms with Crippen LogP contribution in [0.1, 0.15) is 27.2 Å². The van der Waals surface area contributed by atoms with Crippen molar-refractivity contribution in [3.63, 3.8) is 0 Å². The van der Waals surface area contributed by atoms with Crippen molar-refractivity contribution in [2.45, 2.75) is 32.8 Å². The van der Waals surface area contributed by atoms with Crippen molar-refractivity contribution < 1.29 is 4.74 Å². The lowest BCUT2D eigenvalue weighted by atomic mass is 9.96. The molecule has 1 nitrogen and oxygen atoms in total. The van der Waals surface area contributed by atoms with Gasteiger partial charge in [0.1, 0.15) is 11.4 Å². The minimum absolute atomic E-state index is 0.214. The van der Waals surface area contributed by atoms with Gasteiger partial charge < -0.3 is 4.74 Å². The van der Waals surface area contributed by atoms with Crippen LogP contribution in [0.15, 0.2) is 78.9 Å². The molecular weight excluding hydrogens is 292 g/mol. The van der Waals surface area contributed by atoms with Crippen molar-refractivity contribution in [1.82, 2.24) is 0 Å². The predicted octanol–water partition coefficient (Wildman–Crippen LogP) is 6.59. The maximum absolute atomic E-state index is 6.52. The molecule has 0 aliphatic heterocycles. The summed E-state index contributed by atoms with van der Waals surface area (Å²) in [6.07, 6.45) is 0.949. The minimum atomic E-state index is -0.214. The maximum Gasteiger partial charge on any atom is 0.135 e. The summed E-state index contributed by atoms with van der Waals surface area (Å²) >= 11 is 0. The van der Waals surface area contributed by atoms with Gasteiger partial charge in [0.05, 0.1) is 0 Å². The van der Waals surface area contributed by atoms with Crippen molar-refractivity contribution in [2.24, 2.45) is 0 Å². The molecule has 0 atom stereocenters. The molecule has 0 aliphatic rings. The van der Waals surface area contributed by atoms with Crippen LogP contribution < -0.4 is 4.74 Å². The Morgan fingerprint density at radius 2 is 1.12 bits per heavy atom. The second-order valence-corrected chi connectivity index (χ2v) is 6.63. The Hall–Kier alpha value is -2.54. The summed E-state index contributed by atoms with van der Waals surface area (Å²) in [4.78, 5) is 0. The Balaban J connectivity index is 2.19. The molecule has 0 saturated heterocycles. The van der Waals surface area contributed by atoms with Gasteiger partial charge in [0.2, 0.25) is 0 Å². The summed E-state index contributed by atoms with van der Waals surface area (Å²) in [5.41, 5.74) is 4.42. The first-order valence-corrected chi connectivity index (χ1v) is 8.53. The van der Waals surface area contributed by atoms with Crippen LogP contribution in [-0.4, -0.2) is 5.60 Å². The van der Waals surface area contributed by atoms with Crippen molar-refractivity contribution >= 4 is 0 Å².